The molecule has 4 heteroatoms. The molecule has 4 nitrogen and oxygen atoms in total. The summed E-state index contributed by atoms with van der Waals surface area (Å²) in [6, 6.07) is 0. The van der Waals surface area contributed by atoms with E-state index in [-0.39, 0.29) is 0 Å². The van der Waals surface area contributed by atoms with Crippen molar-refractivity contribution in [1.29, 1.82) is 0 Å². The van der Waals surface area contributed by atoms with Gasteiger partial charge in [-0.3, -0.25) is 0 Å². The van der Waals surface area contributed by atoms with E-state index in [0.29, 0.717) is 5.92 Å². The predicted octanol–water partition coefficient (Wildman–Crippen LogP) is 3.45. The van der Waals surface area contributed by atoms with Crippen LogP contribution in [-0.2, 0) is 19.3 Å². The van der Waals surface area contributed by atoms with Crippen molar-refractivity contribution >= 4 is 5.97 Å². The van der Waals surface area contributed by atoms with E-state index < -0.39 is 22.8 Å². The van der Waals surface area contributed by atoms with Crippen LogP contribution in [0.3, 0.4) is 0 Å². The fourth-order valence-corrected chi connectivity index (χ4v) is 2.16. The Balaban J connectivity index is 2.78. The third-order valence-corrected chi connectivity index (χ3v) is 3.55. The second kappa shape index (κ2) is 4.82. The maximum Gasteiger partial charge on any atom is 0.373 e. The van der Waals surface area contributed by atoms with Gasteiger partial charge in [0, 0.05) is 5.41 Å². The van der Waals surface area contributed by atoms with Crippen LogP contribution in [0.25, 0.3) is 0 Å². The summed E-state index contributed by atoms with van der Waals surface area (Å²) in [4.78, 5) is 22.3. The van der Waals surface area contributed by atoms with Crippen LogP contribution in [0, 0.1) is 11.3 Å². The molecule has 0 bridgehead atoms. The molecule has 1 heterocycles. The Morgan fingerprint density at radius 3 is 2.06 bits per heavy atom. The van der Waals surface area contributed by atoms with Gasteiger partial charge in [0.2, 0.25) is 0 Å². The van der Waals surface area contributed by atoms with Crippen LogP contribution in [0.2, 0.25) is 0 Å². The van der Waals surface area contributed by atoms with E-state index in [4.69, 9.17) is 14.5 Å². The molecule has 0 aromatic heterocycles. The first kappa shape index (κ1) is 15.4. The first-order valence-corrected chi connectivity index (χ1v) is 6.66. The third kappa shape index (κ3) is 3.04. The Kier molecular flexibility index (Phi) is 4.13. The van der Waals surface area contributed by atoms with Crippen molar-refractivity contribution in [3.63, 3.8) is 0 Å². The molecule has 18 heavy (non-hydrogen) atoms. The van der Waals surface area contributed by atoms with Crippen molar-refractivity contribution in [2.45, 2.75) is 72.7 Å². The molecule has 0 N–H and O–H groups in total. The molecule has 0 spiro atoms. The molecular weight excluding hydrogens is 232 g/mol. The molecule has 0 aliphatic carbocycles. The summed E-state index contributed by atoms with van der Waals surface area (Å²) in [5.41, 5.74) is -0.893. The van der Waals surface area contributed by atoms with E-state index in [1.54, 1.807) is 0 Å². The van der Waals surface area contributed by atoms with Gasteiger partial charge >= 0.3 is 11.8 Å². The molecule has 106 valence electrons. The van der Waals surface area contributed by atoms with Crippen LogP contribution in [0.15, 0.2) is 0 Å². The Morgan fingerprint density at radius 1 is 1.22 bits per heavy atom. The second-order valence-corrected chi connectivity index (χ2v) is 6.77. The Bertz CT molecular complexity index is 314. The number of carbonyl (C=O) groups excluding carboxylic acids is 1. The average Bonchev–Trinajstić information content (AvgIpc) is 2.95. The highest BCUT2D eigenvalue weighted by Gasteiger charge is 2.68. The standard InChI is InChI=1S/C14H26O4/c1-8-13(6,7)16-11(15)14(17-18-14)12(4,5)9-10(2)3/h10H,8-9H2,1-7H3. The lowest BCUT2D eigenvalue weighted by atomic mass is 9.77. The van der Waals surface area contributed by atoms with E-state index in [2.05, 4.69) is 13.8 Å². The molecule has 1 aliphatic rings. The average molecular weight is 258 g/mol. The van der Waals surface area contributed by atoms with Gasteiger partial charge in [-0.1, -0.05) is 34.6 Å². The fraction of sp³-hybridized carbons (Fsp3) is 0.929. The number of hydrogen-bond acceptors (Lipinski definition) is 4. The molecule has 0 amide bonds. The first-order chi connectivity index (χ1) is 8.06. The molecule has 1 fully saturated rings. The third-order valence-electron chi connectivity index (χ3n) is 3.55. The SMILES string of the molecule is CCC(C)(C)OC(=O)C1(C(C)(C)CC(C)C)OO1. The first-order valence-electron chi connectivity index (χ1n) is 6.66. The summed E-state index contributed by atoms with van der Waals surface area (Å²) in [6.45, 7) is 13.9. The highest BCUT2D eigenvalue weighted by Crippen LogP contribution is 2.50. The lowest BCUT2D eigenvalue weighted by Crippen LogP contribution is -2.45. The van der Waals surface area contributed by atoms with Gasteiger partial charge in [0.15, 0.2) is 0 Å². The van der Waals surface area contributed by atoms with E-state index in [1.165, 1.54) is 0 Å². The molecule has 1 rings (SSSR count). The summed E-state index contributed by atoms with van der Waals surface area (Å²) < 4.78 is 5.49. The van der Waals surface area contributed by atoms with Gasteiger partial charge < -0.3 is 4.74 Å². The van der Waals surface area contributed by atoms with Gasteiger partial charge in [-0.15, -0.1) is 0 Å². The molecular formula is C14H26O4. The van der Waals surface area contributed by atoms with Crippen LogP contribution in [-0.4, -0.2) is 17.4 Å². The summed E-state index contributed by atoms with van der Waals surface area (Å²) >= 11 is 0. The van der Waals surface area contributed by atoms with Crippen molar-refractivity contribution in [1.82, 2.24) is 0 Å². The van der Waals surface area contributed by atoms with Crippen molar-refractivity contribution in [3.05, 3.63) is 0 Å². The van der Waals surface area contributed by atoms with E-state index in [9.17, 15) is 4.79 Å². The van der Waals surface area contributed by atoms with Crippen LogP contribution in [0.5, 0.6) is 0 Å². The number of carbonyl (C=O) groups is 1. The number of rotatable bonds is 6. The van der Waals surface area contributed by atoms with E-state index in [0.717, 1.165) is 12.8 Å². The Labute approximate surface area is 110 Å². The number of ether oxygens (including phenoxy) is 1. The van der Waals surface area contributed by atoms with E-state index in [1.807, 2.05) is 34.6 Å². The summed E-state index contributed by atoms with van der Waals surface area (Å²) in [5.74, 6) is -1.18. The molecule has 1 aliphatic heterocycles. The van der Waals surface area contributed by atoms with Gasteiger partial charge in [-0.2, -0.15) is 9.78 Å². The molecule has 0 radical (unpaired) electrons. The number of esters is 1. The zero-order valence-electron chi connectivity index (χ0n) is 12.6. The van der Waals surface area contributed by atoms with Gasteiger partial charge in [0.1, 0.15) is 5.60 Å². The second-order valence-electron chi connectivity index (χ2n) is 6.77. The maximum atomic E-state index is 12.3. The smallest absolute Gasteiger partial charge is 0.373 e. The fourth-order valence-electron chi connectivity index (χ4n) is 2.16. The van der Waals surface area contributed by atoms with Gasteiger partial charge in [0.05, 0.1) is 0 Å². The minimum absolute atomic E-state index is 0.401. The lowest BCUT2D eigenvalue weighted by Gasteiger charge is -2.31. The van der Waals surface area contributed by atoms with Crippen LogP contribution in [0.1, 0.15) is 61.3 Å². The molecule has 0 aromatic carbocycles. The number of hydrogen-bond donors (Lipinski definition) is 0. The molecule has 1 saturated heterocycles. The quantitative estimate of drug-likeness (QED) is 0.416. The Morgan fingerprint density at radius 2 is 1.72 bits per heavy atom. The topological polar surface area (TPSA) is 51.4 Å². The summed E-state index contributed by atoms with van der Waals surface area (Å²) in [6.07, 6.45) is 1.58. The minimum Gasteiger partial charge on any atom is -0.456 e. The van der Waals surface area contributed by atoms with Crippen molar-refractivity contribution in [2.75, 3.05) is 0 Å². The molecule has 0 unspecified atom stereocenters. The lowest BCUT2D eigenvalue weighted by molar-refractivity contribution is -0.170. The van der Waals surface area contributed by atoms with Crippen LogP contribution in [0.4, 0.5) is 0 Å². The van der Waals surface area contributed by atoms with Crippen molar-refractivity contribution in [3.8, 4) is 0 Å². The summed E-state index contributed by atoms with van der Waals surface area (Å²) in [7, 11) is 0. The highest BCUT2D eigenvalue weighted by atomic mass is 17.4. The van der Waals surface area contributed by atoms with Gasteiger partial charge in [0.25, 0.3) is 0 Å². The van der Waals surface area contributed by atoms with Crippen LogP contribution >= 0.6 is 0 Å². The van der Waals surface area contributed by atoms with Gasteiger partial charge in [-0.25, -0.2) is 4.79 Å². The maximum absolute atomic E-state index is 12.3. The monoisotopic (exact) mass is 258 g/mol. The molecule has 0 saturated carbocycles. The Hall–Kier alpha value is -0.610. The van der Waals surface area contributed by atoms with Crippen molar-refractivity contribution < 1.29 is 19.3 Å². The largest absolute Gasteiger partial charge is 0.456 e. The highest BCUT2D eigenvalue weighted by molar-refractivity contribution is 5.80. The zero-order valence-corrected chi connectivity index (χ0v) is 12.6. The van der Waals surface area contributed by atoms with E-state index >= 15 is 0 Å². The van der Waals surface area contributed by atoms with Gasteiger partial charge in [-0.05, 0) is 32.6 Å². The molecule has 0 aromatic rings. The predicted molar refractivity (Wildman–Crippen MR) is 68.6 cm³/mol. The van der Waals surface area contributed by atoms with Crippen molar-refractivity contribution in [2.24, 2.45) is 11.3 Å². The summed E-state index contributed by atoms with van der Waals surface area (Å²) in [5, 5.41) is 0. The molecule has 0 atom stereocenters. The normalized spacial score (nSPS) is 18.9. The zero-order chi connectivity index (χ0) is 14.2. The minimum atomic E-state index is -1.22. The van der Waals surface area contributed by atoms with Crippen LogP contribution < -0.4 is 0 Å².